The molecule has 1 heterocycles. The Bertz CT molecular complexity index is 495. The number of H-pyrrole nitrogens is 1. The minimum atomic E-state index is 0.733. The van der Waals surface area contributed by atoms with Crippen LogP contribution in [0.5, 0.6) is 11.5 Å². The van der Waals surface area contributed by atoms with E-state index >= 15 is 0 Å². The van der Waals surface area contributed by atoms with E-state index in [9.17, 15) is 0 Å². The Labute approximate surface area is 126 Å². The minimum absolute atomic E-state index is 0.733. The Morgan fingerprint density at radius 2 is 1.57 bits per heavy atom. The quantitative estimate of drug-likeness (QED) is 0.694. The van der Waals surface area contributed by atoms with Crippen molar-refractivity contribution in [3.8, 4) is 22.8 Å². The molecule has 0 bridgehead atoms. The molecule has 0 saturated carbocycles. The summed E-state index contributed by atoms with van der Waals surface area (Å²) >= 11 is 0. The number of nitrogens with one attached hydrogen (secondary N) is 1. The molecule has 0 saturated heterocycles. The van der Waals surface area contributed by atoms with E-state index in [1.807, 2.05) is 18.2 Å². The Hall–Kier alpha value is -1.97. The average molecular weight is 288 g/mol. The Balaban J connectivity index is 2.15. The first-order valence-electron chi connectivity index (χ1n) is 7.73. The molecule has 4 nitrogen and oxygen atoms in total. The summed E-state index contributed by atoms with van der Waals surface area (Å²) in [5.74, 6) is 1.70. The fourth-order valence-electron chi connectivity index (χ4n) is 1.98. The van der Waals surface area contributed by atoms with Crippen molar-refractivity contribution < 1.29 is 9.47 Å². The maximum absolute atomic E-state index is 5.82. The molecule has 0 aliphatic rings. The average Bonchev–Trinajstić information content (AvgIpc) is 3.02. The van der Waals surface area contributed by atoms with Crippen molar-refractivity contribution in [3.63, 3.8) is 0 Å². The van der Waals surface area contributed by atoms with E-state index < -0.39 is 0 Å². The van der Waals surface area contributed by atoms with E-state index in [0.717, 1.165) is 61.7 Å². The fourth-order valence-corrected chi connectivity index (χ4v) is 1.98. The lowest BCUT2D eigenvalue weighted by molar-refractivity contribution is 0.294. The van der Waals surface area contributed by atoms with Gasteiger partial charge in [0.05, 0.1) is 31.4 Å². The molecule has 0 atom stereocenters. The topological polar surface area (TPSA) is 47.1 Å². The van der Waals surface area contributed by atoms with Gasteiger partial charge in [0.2, 0.25) is 0 Å². The highest BCUT2D eigenvalue weighted by atomic mass is 16.5. The van der Waals surface area contributed by atoms with Gasteiger partial charge in [0, 0.05) is 11.6 Å². The Morgan fingerprint density at radius 1 is 0.952 bits per heavy atom. The van der Waals surface area contributed by atoms with E-state index in [4.69, 9.17) is 9.47 Å². The summed E-state index contributed by atoms with van der Waals surface area (Å²) in [7, 11) is 0. The molecule has 1 aromatic carbocycles. The van der Waals surface area contributed by atoms with Gasteiger partial charge in [0.15, 0.2) is 0 Å². The van der Waals surface area contributed by atoms with Crippen LogP contribution in [0.1, 0.15) is 39.5 Å². The van der Waals surface area contributed by atoms with Crippen LogP contribution >= 0.6 is 0 Å². The van der Waals surface area contributed by atoms with Gasteiger partial charge in [-0.3, -0.25) is 0 Å². The van der Waals surface area contributed by atoms with Crippen LogP contribution in [0.15, 0.2) is 30.7 Å². The van der Waals surface area contributed by atoms with Crippen molar-refractivity contribution in [1.82, 2.24) is 9.97 Å². The number of unbranched alkanes of at least 4 members (excludes halogenated alkanes) is 2. The standard InChI is InChI=1S/C17H24N2O2/c1-3-5-7-20-15-9-14(17-12-18-13-19-17)10-16(11-15)21-8-6-4-2/h9-13H,3-8H2,1-2H3,(H,18,19). The Morgan fingerprint density at radius 3 is 2.05 bits per heavy atom. The number of rotatable bonds is 9. The second kappa shape index (κ2) is 8.35. The summed E-state index contributed by atoms with van der Waals surface area (Å²) in [6.07, 6.45) is 7.85. The zero-order chi connectivity index (χ0) is 14.9. The smallest absolute Gasteiger partial charge is 0.123 e. The summed E-state index contributed by atoms with van der Waals surface area (Å²) in [6, 6.07) is 6.01. The lowest BCUT2D eigenvalue weighted by atomic mass is 10.1. The number of aromatic amines is 1. The van der Waals surface area contributed by atoms with Crippen molar-refractivity contribution >= 4 is 0 Å². The van der Waals surface area contributed by atoms with Crippen molar-refractivity contribution in [1.29, 1.82) is 0 Å². The first kappa shape index (κ1) is 15.4. The van der Waals surface area contributed by atoms with Gasteiger partial charge in [0.1, 0.15) is 11.5 Å². The number of hydrogen-bond donors (Lipinski definition) is 1. The minimum Gasteiger partial charge on any atom is -0.493 e. The second-order valence-electron chi connectivity index (χ2n) is 5.06. The van der Waals surface area contributed by atoms with Gasteiger partial charge >= 0.3 is 0 Å². The predicted molar refractivity (Wildman–Crippen MR) is 84.8 cm³/mol. The molecule has 0 aliphatic carbocycles. The highest BCUT2D eigenvalue weighted by molar-refractivity contribution is 5.63. The van der Waals surface area contributed by atoms with Gasteiger partial charge in [-0.25, -0.2) is 4.98 Å². The molecule has 0 fully saturated rings. The highest BCUT2D eigenvalue weighted by Crippen LogP contribution is 2.29. The molecule has 1 aromatic heterocycles. The van der Waals surface area contributed by atoms with E-state index in [1.165, 1.54) is 0 Å². The van der Waals surface area contributed by atoms with Crippen molar-refractivity contribution in [2.24, 2.45) is 0 Å². The molecule has 1 N–H and O–H groups in total. The third-order valence-corrected chi connectivity index (χ3v) is 3.22. The normalized spacial score (nSPS) is 10.6. The van der Waals surface area contributed by atoms with Gasteiger partial charge in [0.25, 0.3) is 0 Å². The van der Waals surface area contributed by atoms with Gasteiger partial charge in [-0.1, -0.05) is 26.7 Å². The third kappa shape index (κ3) is 4.81. The lowest BCUT2D eigenvalue weighted by Crippen LogP contribution is -2.00. The lowest BCUT2D eigenvalue weighted by Gasteiger charge is -2.11. The van der Waals surface area contributed by atoms with Gasteiger partial charge < -0.3 is 14.5 Å². The predicted octanol–water partition coefficient (Wildman–Crippen LogP) is 4.43. The van der Waals surface area contributed by atoms with E-state index in [2.05, 4.69) is 23.8 Å². The number of aromatic nitrogens is 2. The van der Waals surface area contributed by atoms with Crippen LogP contribution in [0.25, 0.3) is 11.3 Å². The van der Waals surface area contributed by atoms with Crippen LogP contribution < -0.4 is 9.47 Å². The van der Waals surface area contributed by atoms with E-state index in [0.29, 0.717) is 0 Å². The molecule has 0 amide bonds. The number of benzene rings is 1. The van der Waals surface area contributed by atoms with Crippen molar-refractivity contribution in [2.45, 2.75) is 39.5 Å². The summed E-state index contributed by atoms with van der Waals surface area (Å²) in [4.78, 5) is 7.19. The molecule has 0 unspecified atom stereocenters. The molecule has 2 rings (SSSR count). The maximum Gasteiger partial charge on any atom is 0.123 e. The van der Waals surface area contributed by atoms with E-state index in [1.54, 1.807) is 12.5 Å². The molecule has 2 aromatic rings. The molecule has 21 heavy (non-hydrogen) atoms. The SMILES string of the molecule is CCCCOc1cc(OCCCC)cc(-c2cnc[nH]2)c1. The summed E-state index contributed by atoms with van der Waals surface area (Å²) < 4.78 is 11.6. The summed E-state index contributed by atoms with van der Waals surface area (Å²) in [6.45, 7) is 5.78. The monoisotopic (exact) mass is 288 g/mol. The van der Waals surface area contributed by atoms with Crippen LogP contribution in [-0.4, -0.2) is 23.2 Å². The van der Waals surface area contributed by atoms with Crippen LogP contribution in [0.3, 0.4) is 0 Å². The third-order valence-electron chi connectivity index (χ3n) is 3.22. The summed E-state index contributed by atoms with van der Waals surface area (Å²) in [5.41, 5.74) is 2.00. The molecule has 0 radical (unpaired) electrons. The molecule has 0 aliphatic heterocycles. The molecule has 0 spiro atoms. The maximum atomic E-state index is 5.82. The molecule has 4 heteroatoms. The molecular formula is C17H24N2O2. The zero-order valence-electron chi connectivity index (χ0n) is 12.9. The number of ether oxygens (including phenoxy) is 2. The van der Waals surface area contributed by atoms with Crippen LogP contribution in [0.4, 0.5) is 0 Å². The van der Waals surface area contributed by atoms with Crippen LogP contribution in [-0.2, 0) is 0 Å². The van der Waals surface area contributed by atoms with Crippen LogP contribution in [0, 0.1) is 0 Å². The van der Waals surface area contributed by atoms with Gasteiger partial charge in [-0.05, 0) is 25.0 Å². The van der Waals surface area contributed by atoms with Gasteiger partial charge in [-0.2, -0.15) is 0 Å². The molecular weight excluding hydrogens is 264 g/mol. The van der Waals surface area contributed by atoms with Crippen LogP contribution in [0.2, 0.25) is 0 Å². The van der Waals surface area contributed by atoms with Gasteiger partial charge in [-0.15, -0.1) is 0 Å². The molecule has 114 valence electrons. The van der Waals surface area contributed by atoms with Crippen molar-refractivity contribution in [2.75, 3.05) is 13.2 Å². The number of imidazole rings is 1. The number of hydrogen-bond acceptors (Lipinski definition) is 3. The highest BCUT2D eigenvalue weighted by Gasteiger charge is 2.06. The summed E-state index contributed by atoms with van der Waals surface area (Å²) in [5, 5.41) is 0. The van der Waals surface area contributed by atoms with E-state index in [-0.39, 0.29) is 0 Å². The van der Waals surface area contributed by atoms with Crippen molar-refractivity contribution in [3.05, 3.63) is 30.7 Å². The second-order valence-corrected chi connectivity index (χ2v) is 5.06. The first-order chi connectivity index (χ1) is 10.3. The largest absolute Gasteiger partial charge is 0.493 e. The first-order valence-corrected chi connectivity index (χ1v) is 7.73. The zero-order valence-corrected chi connectivity index (χ0v) is 12.9. The number of nitrogens with zero attached hydrogens (tertiary/aromatic N) is 1. The fraction of sp³-hybridized carbons (Fsp3) is 0.471. The Kier molecular flexibility index (Phi) is 6.13.